The average Bonchev–Trinajstić information content (AvgIpc) is 2.37. The quantitative estimate of drug-likeness (QED) is 0.764. The number of nitrogens with one attached hydrogen (secondary N) is 2. The first-order valence-corrected chi connectivity index (χ1v) is 5.71. The molecule has 5 nitrogen and oxygen atoms in total. The summed E-state index contributed by atoms with van der Waals surface area (Å²) in [5.41, 5.74) is 0.951. The van der Waals surface area contributed by atoms with E-state index in [1.165, 1.54) is 0 Å². The molecule has 0 aliphatic carbocycles. The Balaban J connectivity index is 2.53. The van der Waals surface area contributed by atoms with E-state index in [4.69, 9.17) is 4.74 Å². The van der Waals surface area contributed by atoms with Crippen LogP contribution in [0.15, 0.2) is 18.3 Å². The molecule has 1 aromatic rings. The summed E-state index contributed by atoms with van der Waals surface area (Å²) >= 11 is 0. The first-order chi connectivity index (χ1) is 8.17. The fourth-order valence-corrected chi connectivity index (χ4v) is 1.30. The maximum atomic E-state index is 11.3. The number of aromatic nitrogens is 1. The second-order valence-electron chi connectivity index (χ2n) is 3.64. The monoisotopic (exact) mass is 237 g/mol. The Morgan fingerprint density at radius 3 is 2.82 bits per heavy atom. The Kier molecular flexibility index (Phi) is 5.42. The number of carbonyl (C=O) groups is 1. The topological polar surface area (TPSA) is 63.2 Å². The summed E-state index contributed by atoms with van der Waals surface area (Å²) in [4.78, 5) is 15.5. The van der Waals surface area contributed by atoms with Gasteiger partial charge in [-0.1, -0.05) is 6.92 Å². The third-order valence-corrected chi connectivity index (χ3v) is 2.28. The third-order valence-electron chi connectivity index (χ3n) is 2.28. The van der Waals surface area contributed by atoms with Gasteiger partial charge in [-0.2, -0.15) is 0 Å². The molecule has 0 radical (unpaired) electrons. The second-order valence-corrected chi connectivity index (χ2v) is 3.64. The van der Waals surface area contributed by atoms with E-state index in [1.54, 1.807) is 20.2 Å². The van der Waals surface area contributed by atoms with Crippen molar-refractivity contribution < 1.29 is 9.53 Å². The van der Waals surface area contributed by atoms with Crippen LogP contribution in [0.5, 0.6) is 5.75 Å². The third kappa shape index (κ3) is 4.40. The van der Waals surface area contributed by atoms with Gasteiger partial charge in [0, 0.05) is 13.6 Å². The fraction of sp³-hybridized carbons (Fsp3) is 0.500. The SMILES string of the molecule is CCNCc1ccc(OC(C)C(=O)NC)cn1. The van der Waals surface area contributed by atoms with Crippen LogP contribution in [0.3, 0.4) is 0 Å². The van der Waals surface area contributed by atoms with Gasteiger partial charge in [-0.15, -0.1) is 0 Å². The van der Waals surface area contributed by atoms with Crippen molar-refractivity contribution in [2.45, 2.75) is 26.5 Å². The molecule has 0 aromatic carbocycles. The van der Waals surface area contributed by atoms with Crippen LogP contribution in [0.4, 0.5) is 0 Å². The molecule has 0 fully saturated rings. The van der Waals surface area contributed by atoms with Crippen molar-refractivity contribution >= 4 is 5.91 Å². The molecule has 2 N–H and O–H groups in total. The Hall–Kier alpha value is -1.62. The van der Waals surface area contributed by atoms with E-state index in [-0.39, 0.29) is 5.91 Å². The lowest BCUT2D eigenvalue weighted by molar-refractivity contribution is -0.126. The zero-order valence-electron chi connectivity index (χ0n) is 10.5. The molecule has 94 valence electrons. The number of nitrogens with zero attached hydrogens (tertiary/aromatic N) is 1. The fourth-order valence-electron chi connectivity index (χ4n) is 1.30. The number of ether oxygens (including phenoxy) is 1. The van der Waals surface area contributed by atoms with Crippen molar-refractivity contribution in [1.82, 2.24) is 15.6 Å². The molecule has 0 saturated carbocycles. The predicted octanol–water partition coefficient (Wildman–Crippen LogP) is 0.704. The van der Waals surface area contributed by atoms with Crippen LogP contribution in [0, 0.1) is 0 Å². The van der Waals surface area contributed by atoms with Crippen molar-refractivity contribution in [3.8, 4) is 5.75 Å². The van der Waals surface area contributed by atoms with E-state index in [0.29, 0.717) is 5.75 Å². The zero-order chi connectivity index (χ0) is 12.7. The highest BCUT2D eigenvalue weighted by molar-refractivity contribution is 5.80. The lowest BCUT2D eigenvalue weighted by Gasteiger charge is -2.12. The van der Waals surface area contributed by atoms with Gasteiger partial charge < -0.3 is 15.4 Å². The van der Waals surface area contributed by atoms with Gasteiger partial charge in [-0.3, -0.25) is 9.78 Å². The molecule has 5 heteroatoms. The molecule has 1 rings (SSSR count). The van der Waals surface area contributed by atoms with Crippen LogP contribution >= 0.6 is 0 Å². The number of likely N-dealkylation sites (N-methyl/N-ethyl adjacent to an activating group) is 1. The summed E-state index contributed by atoms with van der Waals surface area (Å²) in [6, 6.07) is 3.70. The summed E-state index contributed by atoms with van der Waals surface area (Å²) in [7, 11) is 1.58. The first-order valence-electron chi connectivity index (χ1n) is 5.71. The molecule has 0 bridgehead atoms. The summed E-state index contributed by atoms with van der Waals surface area (Å²) in [6.45, 7) is 5.39. The van der Waals surface area contributed by atoms with E-state index >= 15 is 0 Å². The molecule has 0 aliphatic rings. The molecule has 0 aliphatic heterocycles. The number of hydrogen-bond donors (Lipinski definition) is 2. The van der Waals surface area contributed by atoms with Crippen molar-refractivity contribution in [2.24, 2.45) is 0 Å². The molecule has 1 amide bonds. The molecule has 1 atom stereocenters. The van der Waals surface area contributed by atoms with E-state index in [1.807, 2.05) is 19.1 Å². The summed E-state index contributed by atoms with van der Waals surface area (Å²) in [6.07, 6.45) is 1.12. The van der Waals surface area contributed by atoms with Crippen molar-refractivity contribution in [1.29, 1.82) is 0 Å². The first kappa shape index (κ1) is 13.4. The smallest absolute Gasteiger partial charge is 0.260 e. The molecule has 1 unspecified atom stereocenters. The molecule has 0 spiro atoms. The summed E-state index contributed by atoms with van der Waals surface area (Å²) in [5, 5.41) is 5.71. The van der Waals surface area contributed by atoms with E-state index in [9.17, 15) is 4.79 Å². The number of pyridine rings is 1. The Bertz CT molecular complexity index is 351. The van der Waals surface area contributed by atoms with Crippen molar-refractivity contribution in [3.05, 3.63) is 24.0 Å². The Labute approximate surface area is 102 Å². The van der Waals surface area contributed by atoms with Gasteiger partial charge in [0.25, 0.3) is 5.91 Å². The number of rotatable bonds is 6. The maximum absolute atomic E-state index is 11.3. The van der Waals surface area contributed by atoms with E-state index in [0.717, 1.165) is 18.8 Å². The zero-order valence-corrected chi connectivity index (χ0v) is 10.5. The van der Waals surface area contributed by atoms with Gasteiger partial charge >= 0.3 is 0 Å². The average molecular weight is 237 g/mol. The minimum Gasteiger partial charge on any atom is -0.479 e. The van der Waals surface area contributed by atoms with Gasteiger partial charge in [-0.25, -0.2) is 0 Å². The lowest BCUT2D eigenvalue weighted by Crippen LogP contribution is -2.33. The lowest BCUT2D eigenvalue weighted by atomic mass is 10.3. The van der Waals surface area contributed by atoms with E-state index in [2.05, 4.69) is 15.6 Å². The van der Waals surface area contributed by atoms with Crippen LogP contribution < -0.4 is 15.4 Å². The predicted molar refractivity (Wildman–Crippen MR) is 65.8 cm³/mol. The van der Waals surface area contributed by atoms with Gasteiger partial charge in [0.1, 0.15) is 5.75 Å². The summed E-state index contributed by atoms with van der Waals surface area (Å²) < 4.78 is 5.43. The molecule has 1 aromatic heterocycles. The van der Waals surface area contributed by atoms with Crippen molar-refractivity contribution in [2.75, 3.05) is 13.6 Å². The van der Waals surface area contributed by atoms with Crippen LogP contribution in [0.25, 0.3) is 0 Å². The maximum Gasteiger partial charge on any atom is 0.260 e. The minimum absolute atomic E-state index is 0.151. The highest BCUT2D eigenvalue weighted by Crippen LogP contribution is 2.11. The molecule has 1 heterocycles. The highest BCUT2D eigenvalue weighted by atomic mass is 16.5. The van der Waals surface area contributed by atoms with Crippen LogP contribution in [0.2, 0.25) is 0 Å². The van der Waals surface area contributed by atoms with Gasteiger partial charge in [0.15, 0.2) is 6.10 Å². The number of hydrogen-bond acceptors (Lipinski definition) is 4. The minimum atomic E-state index is -0.513. The van der Waals surface area contributed by atoms with Crippen LogP contribution in [-0.4, -0.2) is 30.6 Å². The number of carbonyl (C=O) groups excluding carboxylic acids is 1. The van der Waals surface area contributed by atoms with Gasteiger partial charge in [0.2, 0.25) is 0 Å². The van der Waals surface area contributed by atoms with Crippen molar-refractivity contribution in [3.63, 3.8) is 0 Å². The van der Waals surface area contributed by atoms with Gasteiger partial charge in [-0.05, 0) is 25.6 Å². The van der Waals surface area contributed by atoms with Crippen LogP contribution in [-0.2, 0) is 11.3 Å². The standard InChI is InChI=1S/C12H19N3O2/c1-4-14-7-10-5-6-11(8-15-10)17-9(2)12(16)13-3/h5-6,8-9,14H,4,7H2,1-3H3,(H,13,16). The van der Waals surface area contributed by atoms with Gasteiger partial charge in [0.05, 0.1) is 11.9 Å². The normalized spacial score (nSPS) is 11.9. The highest BCUT2D eigenvalue weighted by Gasteiger charge is 2.12. The Morgan fingerprint density at radius 1 is 1.53 bits per heavy atom. The largest absolute Gasteiger partial charge is 0.479 e. The molecular weight excluding hydrogens is 218 g/mol. The second kappa shape index (κ2) is 6.85. The molecular formula is C12H19N3O2. The van der Waals surface area contributed by atoms with E-state index < -0.39 is 6.10 Å². The Morgan fingerprint density at radius 2 is 2.29 bits per heavy atom. The molecule has 17 heavy (non-hydrogen) atoms. The number of amides is 1. The molecule has 0 saturated heterocycles. The summed E-state index contributed by atoms with van der Waals surface area (Å²) in [5.74, 6) is 0.447. The van der Waals surface area contributed by atoms with Crippen LogP contribution in [0.1, 0.15) is 19.5 Å².